The first-order chi connectivity index (χ1) is 12.7. The second-order valence-corrected chi connectivity index (χ2v) is 6.61. The van der Waals surface area contributed by atoms with Gasteiger partial charge >= 0.3 is 0 Å². The Hall–Kier alpha value is -3.02. The molecule has 0 N–H and O–H groups in total. The largest absolute Gasteiger partial charge is 0.362 e. The summed E-state index contributed by atoms with van der Waals surface area (Å²) in [7, 11) is 4.09. The van der Waals surface area contributed by atoms with Crippen molar-refractivity contribution in [1.29, 1.82) is 0 Å². The van der Waals surface area contributed by atoms with E-state index < -0.39 is 0 Å². The van der Waals surface area contributed by atoms with Crippen molar-refractivity contribution in [3.63, 3.8) is 0 Å². The molecule has 0 bridgehead atoms. The molecule has 6 nitrogen and oxygen atoms in total. The van der Waals surface area contributed by atoms with Crippen LogP contribution in [0.5, 0.6) is 0 Å². The molecule has 132 valence electrons. The fourth-order valence-electron chi connectivity index (χ4n) is 3.35. The molecule has 26 heavy (non-hydrogen) atoms. The van der Waals surface area contributed by atoms with Gasteiger partial charge in [0.15, 0.2) is 5.82 Å². The summed E-state index contributed by atoms with van der Waals surface area (Å²) >= 11 is 0. The van der Waals surface area contributed by atoms with Gasteiger partial charge in [-0.15, -0.1) is 0 Å². The third-order valence-corrected chi connectivity index (χ3v) is 4.65. The van der Waals surface area contributed by atoms with Crippen LogP contribution in [0.15, 0.2) is 48.9 Å². The maximum Gasteiger partial charge on any atom is 0.161 e. The van der Waals surface area contributed by atoms with Crippen molar-refractivity contribution < 1.29 is 0 Å². The standard InChI is InChI=1S/C20H22N6/c1-25(2)20-16-8-12-26(18-14-21-10-11-22-18)13-9-17(16)23-19(24-20)15-6-4-3-5-7-15/h3-7,10-11,14H,8-9,12-13H2,1-2H3. The predicted octanol–water partition coefficient (Wildman–Crippen LogP) is 2.60. The van der Waals surface area contributed by atoms with Gasteiger partial charge in [-0.3, -0.25) is 4.98 Å². The molecule has 3 heterocycles. The minimum absolute atomic E-state index is 0.793. The number of hydrogen-bond acceptors (Lipinski definition) is 6. The van der Waals surface area contributed by atoms with E-state index >= 15 is 0 Å². The molecule has 1 aliphatic heterocycles. The van der Waals surface area contributed by atoms with E-state index in [1.165, 1.54) is 5.56 Å². The van der Waals surface area contributed by atoms with Crippen LogP contribution in [0.4, 0.5) is 11.6 Å². The molecule has 0 saturated heterocycles. The number of fused-ring (bicyclic) bond motifs is 1. The van der Waals surface area contributed by atoms with Gasteiger partial charge in [-0.2, -0.15) is 0 Å². The van der Waals surface area contributed by atoms with Crippen LogP contribution in [0.3, 0.4) is 0 Å². The van der Waals surface area contributed by atoms with Crippen LogP contribution in [-0.2, 0) is 12.8 Å². The lowest BCUT2D eigenvalue weighted by molar-refractivity contribution is 0.783. The van der Waals surface area contributed by atoms with E-state index in [2.05, 4.69) is 31.9 Å². The highest BCUT2D eigenvalue weighted by atomic mass is 15.2. The van der Waals surface area contributed by atoms with Gasteiger partial charge in [0.05, 0.1) is 11.9 Å². The first-order valence-electron chi connectivity index (χ1n) is 8.86. The molecule has 3 aromatic rings. The zero-order valence-electron chi connectivity index (χ0n) is 15.1. The molecule has 0 saturated carbocycles. The fourth-order valence-corrected chi connectivity index (χ4v) is 3.35. The molecule has 1 aliphatic rings. The lowest BCUT2D eigenvalue weighted by atomic mass is 10.1. The third-order valence-electron chi connectivity index (χ3n) is 4.65. The minimum Gasteiger partial charge on any atom is -0.362 e. The monoisotopic (exact) mass is 346 g/mol. The van der Waals surface area contributed by atoms with Gasteiger partial charge in [0.2, 0.25) is 0 Å². The Morgan fingerprint density at radius 1 is 0.962 bits per heavy atom. The molecule has 0 spiro atoms. The molecule has 0 unspecified atom stereocenters. The van der Waals surface area contributed by atoms with E-state index in [4.69, 9.17) is 9.97 Å². The average molecular weight is 346 g/mol. The van der Waals surface area contributed by atoms with Gasteiger partial charge < -0.3 is 9.80 Å². The van der Waals surface area contributed by atoms with Gasteiger partial charge in [0, 0.05) is 57.1 Å². The first-order valence-corrected chi connectivity index (χ1v) is 8.86. The second kappa shape index (κ2) is 7.07. The SMILES string of the molecule is CN(C)c1nc(-c2ccccc2)nc2c1CCN(c1cnccn1)CC2. The van der Waals surface area contributed by atoms with Crippen LogP contribution in [0, 0.1) is 0 Å². The van der Waals surface area contributed by atoms with Crippen LogP contribution in [-0.4, -0.2) is 47.1 Å². The van der Waals surface area contributed by atoms with Crippen molar-refractivity contribution in [2.45, 2.75) is 12.8 Å². The van der Waals surface area contributed by atoms with Crippen molar-refractivity contribution in [1.82, 2.24) is 19.9 Å². The molecular weight excluding hydrogens is 324 g/mol. The van der Waals surface area contributed by atoms with Gasteiger partial charge in [0.1, 0.15) is 11.6 Å². The second-order valence-electron chi connectivity index (χ2n) is 6.61. The van der Waals surface area contributed by atoms with Crippen molar-refractivity contribution in [2.75, 3.05) is 37.0 Å². The molecule has 0 aliphatic carbocycles. The van der Waals surface area contributed by atoms with Gasteiger partial charge in [-0.05, 0) is 6.42 Å². The van der Waals surface area contributed by atoms with Gasteiger partial charge in [-0.1, -0.05) is 30.3 Å². The number of benzene rings is 1. The van der Waals surface area contributed by atoms with E-state index in [9.17, 15) is 0 Å². The highest BCUT2D eigenvalue weighted by molar-refractivity contribution is 5.61. The van der Waals surface area contributed by atoms with E-state index in [0.29, 0.717) is 0 Å². The molecule has 0 fully saturated rings. The first kappa shape index (κ1) is 16.4. The maximum absolute atomic E-state index is 4.91. The maximum atomic E-state index is 4.91. The van der Waals surface area contributed by atoms with E-state index in [-0.39, 0.29) is 0 Å². The molecule has 1 aromatic carbocycles. The highest BCUT2D eigenvalue weighted by Gasteiger charge is 2.22. The predicted molar refractivity (Wildman–Crippen MR) is 103 cm³/mol. The summed E-state index contributed by atoms with van der Waals surface area (Å²) in [5.41, 5.74) is 3.42. The normalized spacial score (nSPS) is 13.8. The Kier molecular flexibility index (Phi) is 4.48. The molecule has 6 heteroatoms. The molecule has 0 amide bonds. The van der Waals surface area contributed by atoms with E-state index in [1.54, 1.807) is 12.4 Å². The lowest BCUT2D eigenvalue weighted by Gasteiger charge is -2.20. The molecule has 2 aromatic heterocycles. The number of hydrogen-bond donors (Lipinski definition) is 0. The number of nitrogens with zero attached hydrogens (tertiary/aromatic N) is 6. The summed E-state index contributed by atoms with van der Waals surface area (Å²) < 4.78 is 0. The lowest BCUT2D eigenvalue weighted by Crippen LogP contribution is -2.27. The van der Waals surface area contributed by atoms with E-state index in [0.717, 1.165) is 54.6 Å². The molecule has 0 atom stereocenters. The topological polar surface area (TPSA) is 58.0 Å². The molecule has 4 rings (SSSR count). The van der Waals surface area contributed by atoms with Crippen molar-refractivity contribution in [3.05, 3.63) is 60.2 Å². The number of rotatable bonds is 3. The van der Waals surface area contributed by atoms with Gasteiger partial charge in [0.25, 0.3) is 0 Å². The number of anilines is 2. The zero-order chi connectivity index (χ0) is 17.9. The summed E-state index contributed by atoms with van der Waals surface area (Å²) in [6, 6.07) is 10.2. The summed E-state index contributed by atoms with van der Waals surface area (Å²) in [5.74, 6) is 2.72. The van der Waals surface area contributed by atoms with Crippen LogP contribution in [0.1, 0.15) is 11.3 Å². The minimum atomic E-state index is 0.793. The Labute approximate surface area is 153 Å². The van der Waals surface area contributed by atoms with Crippen LogP contribution < -0.4 is 9.80 Å². The average Bonchev–Trinajstić information content (AvgIpc) is 2.91. The van der Waals surface area contributed by atoms with Crippen LogP contribution in [0.2, 0.25) is 0 Å². The Bertz CT molecular complexity index is 880. The molecular formula is C20H22N6. The summed E-state index contributed by atoms with van der Waals surface area (Å²) in [5, 5.41) is 0. The molecule has 0 radical (unpaired) electrons. The quantitative estimate of drug-likeness (QED) is 0.727. The summed E-state index contributed by atoms with van der Waals surface area (Å²) in [6.07, 6.45) is 7.04. The Morgan fingerprint density at radius 2 is 1.77 bits per heavy atom. The Balaban J connectivity index is 1.71. The zero-order valence-corrected chi connectivity index (χ0v) is 15.1. The summed E-state index contributed by atoms with van der Waals surface area (Å²) in [6.45, 7) is 1.77. The van der Waals surface area contributed by atoms with Crippen molar-refractivity contribution in [2.24, 2.45) is 0 Å². The summed E-state index contributed by atoms with van der Waals surface area (Å²) in [4.78, 5) is 22.8. The van der Waals surface area contributed by atoms with Crippen molar-refractivity contribution >= 4 is 11.6 Å². The fraction of sp³-hybridized carbons (Fsp3) is 0.300. The van der Waals surface area contributed by atoms with Crippen LogP contribution in [0.25, 0.3) is 11.4 Å². The Morgan fingerprint density at radius 3 is 2.50 bits per heavy atom. The highest BCUT2D eigenvalue weighted by Crippen LogP contribution is 2.27. The third kappa shape index (κ3) is 3.22. The van der Waals surface area contributed by atoms with Crippen molar-refractivity contribution in [3.8, 4) is 11.4 Å². The van der Waals surface area contributed by atoms with E-state index in [1.807, 2.05) is 38.5 Å². The number of aromatic nitrogens is 4. The smallest absolute Gasteiger partial charge is 0.161 e. The van der Waals surface area contributed by atoms with Crippen LogP contribution >= 0.6 is 0 Å². The van der Waals surface area contributed by atoms with Gasteiger partial charge in [-0.25, -0.2) is 15.0 Å².